The summed E-state index contributed by atoms with van der Waals surface area (Å²) in [6.07, 6.45) is 1.07. The van der Waals surface area contributed by atoms with Crippen LogP contribution in [0.1, 0.15) is 46.9 Å². The second kappa shape index (κ2) is 10.6. The van der Waals surface area contributed by atoms with Crippen LogP contribution in [0, 0.1) is 18.3 Å². The first kappa shape index (κ1) is 23.0. The molecule has 0 aliphatic heterocycles. The van der Waals surface area contributed by atoms with Gasteiger partial charge < -0.3 is 10.6 Å². The molecule has 8 heteroatoms. The highest BCUT2D eigenvalue weighted by atomic mass is 35.5. The molecule has 164 valence electrons. The Morgan fingerprint density at radius 2 is 1.78 bits per heavy atom. The number of rotatable bonds is 9. The first-order chi connectivity index (χ1) is 15.4. The number of aryl methyl sites for hydroxylation is 1. The molecule has 0 bridgehead atoms. The Labute approximate surface area is 192 Å². The van der Waals surface area contributed by atoms with Crippen LogP contribution in [-0.2, 0) is 4.79 Å². The molecular formula is C24H24ClN5O2. The summed E-state index contributed by atoms with van der Waals surface area (Å²) in [6, 6.07) is 16.2. The zero-order valence-corrected chi connectivity index (χ0v) is 18.7. The van der Waals surface area contributed by atoms with Crippen molar-refractivity contribution < 1.29 is 9.59 Å². The van der Waals surface area contributed by atoms with Gasteiger partial charge in [-0.3, -0.25) is 9.59 Å². The van der Waals surface area contributed by atoms with Gasteiger partial charge in [-0.15, -0.1) is 0 Å². The summed E-state index contributed by atoms with van der Waals surface area (Å²) in [5.74, 6) is 0.0829. The van der Waals surface area contributed by atoms with Gasteiger partial charge >= 0.3 is 0 Å². The maximum absolute atomic E-state index is 13.1. The van der Waals surface area contributed by atoms with E-state index in [2.05, 4.69) is 21.8 Å². The third kappa shape index (κ3) is 5.34. The largest absolute Gasteiger partial charge is 0.369 e. The minimum absolute atomic E-state index is 0.0140. The van der Waals surface area contributed by atoms with E-state index in [9.17, 15) is 14.9 Å². The topological polar surface area (TPSA) is 99.8 Å². The van der Waals surface area contributed by atoms with Crippen LogP contribution in [0.4, 0.5) is 5.82 Å². The summed E-state index contributed by atoms with van der Waals surface area (Å²) in [5, 5.41) is 21.0. The molecule has 2 aromatic carbocycles. The van der Waals surface area contributed by atoms with E-state index in [1.165, 1.54) is 0 Å². The van der Waals surface area contributed by atoms with E-state index in [-0.39, 0.29) is 22.9 Å². The Balaban J connectivity index is 1.94. The molecule has 1 heterocycles. The highest BCUT2D eigenvalue weighted by Crippen LogP contribution is 2.26. The summed E-state index contributed by atoms with van der Waals surface area (Å²) < 4.78 is 1.54. The molecule has 0 spiro atoms. The second-order valence-corrected chi connectivity index (χ2v) is 7.69. The molecule has 3 aromatic rings. The zero-order chi connectivity index (χ0) is 23.1. The van der Waals surface area contributed by atoms with Crippen molar-refractivity contribution in [3.05, 3.63) is 75.9 Å². The third-order valence-corrected chi connectivity index (χ3v) is 5.14. The number of anilines is 1. The Bertz CT molecular complexity index is 1140. The van der Waals surface area contributed by atoms with Gasteiger partial charge in [-0.2, -0.15) is 10.4 Å². The van der Waals surface area contributed by atoms with Crippen LogP contribution in [-0.4, -0.2) is 34.6 Å². The van der Waals surface area contributed by atoms with Crippen molar-refractivity contribution in [2.24, 2.45) is 0 Å². The van der Waals surface area contributed by atoms with Gasteiger partial charge in [0.2, 0.25) is 11.7 Å². The predicted octanol–water partition coefficient (Wildman–Crippen LogP) is 4.27. The van der Waals surface area contributed by atoms with Crippen LogP contribution in [0.2, 0.25) is 5.02 Å². The molecule has 7 nitrogen and oxygen atoms in total. The Hall–Kier alpha value is -3.63. The van der Waals surface area contributed by atoms with Gasteiger partial charge in [0.1, 0.15) is 17.5 Å². The molecule has 0 radical (unpaired) electrons. The fraction of sp³-hybridized carbons (Fsp3) is 0.250. The van der Waals surface area contributed by atoms with Crippen molar-refractivity contribution in [1.82, 2.24) is 15.1 Å². The van der Waals surface area contributed by atoms with E-state index in [1.54, 1.807) is 48.0 Å². The van der Waals surface area contributed by atoms with Crippen LogP contribution in [0.5, 0.6) is 0 Å². The standard InChI is InChI=1S/C24H24ClN5O2/c1-3-21(31)27-13-4-14-28-24-20(15-26)22(23(32)17-7-5-16(2)6-8-17)29-30(24)19-11-9-18(25)10-12-19/h5-12,28H,3-4,13-14H2,1-2H3,(H,27,31). The van der Waals surface area contributed by atoms with E-state index >= 15 is 0 Å². The number of benzene rings is 2. The average molecular weight is 450 g/mol. The molecule has 0 fully saturated rings. The first-order valence-electron chi connectivity index (χ1n) is 10.4. The van der Waals surface area contributed by atoms with Crippen molar-refractivity contribution in [1.29, 1.82) is 5.26 Å². The van der Waals surface area contributed by atoms with E-state index in [0.717, 1.165) is 5.56 Å². The van der Waals surface area contributed by atoms with Crippen LogP contribution >= 0.6 is 11.6 Å². The molecule has 1 aromatic heterocycles. The molecule has 0 aliphatic rings. The lowest BCUT2D eigenvalue weighted by Gasteiger charge is -2.11. The number of carbonyl (C=O) groups is 2. The van der Waals surface area contributed by atoms with Crippen molar-refractivity contribution >= 4 is 29.1 Å². The number of hydrogen-bond acceptors (Lipinski definition) is 5. The number of amides is 1. The number of carbonyl (C=O) groups excluding carboxylic acids is 2. The van der Waals surface area contributed by atoms with E-state index in [4.69, 9.17) is 11.6 Å². The van der Waals surface area contributed by atoms with Gasteiger partial charge in [-0.05, 0) is 37.6 Å². The van der Waals surface area contributed by atoms with E-state index in [1.807, 2.05) is 19.1 Å². The monoisotopic (exact) mass is 449 g/mol. The molecule has 1 amide bonds. The number of nitrogens with one attached hydrogen (secondary N) is 2. The summed E-state index contributed by atoms with van der Waals surface area (Å²) >= 11 is 6.02. The Morgan fingerprint density at radius 3 is 2.41 bits per heavy atom. The number of nitriles is 1. The quantitative estimate of drug-likeness (QED) is 0.375. The summed E-state index contributed by atoms with van der Waals surface area (Å²) in [5.41, 5.74) is 2.40. The number of halogens is 1. The molecule has 0 saturated carbocycles. The highest BCUT2D eigenvalue weighted by molar-refractivity contribution is 6.30. The van der Waals surface area contributed by atoms with Gasteiger partial charge in [-0.1, -0.05) is 48.4 Å². The number of aromatic nitrogens is 2. The number of nitrogens with zero attached hydrogens (tertiary/aromatic N) is 3. The fourth-order valence-corrected chi connectivity index (χ4v) is 3.23. The molecule has 2 N–H and O–H groups in total. The molecule has 0 saturated heterocycles. The summed E-state index contributed by atoms with van der Waals surface area (Å²) in [6.45, 7) is 4.72. The molecular weight excluding hydrogens is 426 g/mol. The number of hydrogen-bond donors (Lipinski definition) is 2. The van der Waals surface area contributed by atoms with Crippen LogP contribution < -0.4 is 10.6 Å². The summed E-state index contributed by atoms with van der Waals surface area (Å²) in [4.78, 5) is 24.6. The molecule has 0 atom stereocenters. The van der Waals surface area contributed by atoms with Crippen molar-refractivity contribution in [3.63, 3.8) is 0 Å². The zero-order valence-electron chi connectivity index (χ0n) is 18.0. The highest BCUT2D eigenvalue weighted by Gasteiger charge is 2.25. The van der Waals surface area contributed by atoms with Crippen LogP contribution in [0.15, 0.2) is 48.5 Å². The lowest BCUT2D eigenvalue weighted by molar-refractivity contribution is -0.120. The Morgan fingerprint density at radius 1 is 1.09 bits per heavy atom. The molecule has 32 heavy (non-hydrogen) atoms. The van der Waals surface area contributed by atoms with Gasteiger partial charge in [0.05, 0.1) is 5.69 Å². The van der Waals surface area contributed by atoms with Gasteiger partial charge in [0.15, 0.2) is 5.69 Å². The molecule has 0 aliphatic carbocycles. The normalized spacial score (nSPS) is 10.4. The van der Waals surface area contributed by atoms with Crippen LogP contribution in [0.25, 0.3) is 5.69 Å². The Kier molecular flexibility index (Phi) is 7.63. The maximum atomic E-state index is 13.1. The third-order valence-electron chi connectivity index (χ3n) is 4.89. The van der Waals surface area contributed by atoms with E-state index < -0.39 is 0 Å². The lowest BCUT2D eigenvalue weighted by atomic mass is 10.0. The predicted molar refractivity (Wildman–Crippen MR) is 124 cm³/mol. The SMILES string of the molecule is CCC(=O)NCCCNc1c(C#N)c(C(=O)c2ccc(C)cc2)nn1-c1ccc(Cl)cc1. The van der Waals surface area contributed by atoms with Crippen molar-refractivity contribution in [2.45, 2.75) is 26.7 Å². The average Bonchev–Trinajstić information content (AvgIpc) is 3.17. The number of ketones is 1. The van der Waals surface area contributed by atoms with Gasteiger partial charge in [-0.25, -0.2) is 4.68 Å². The first-order valence-corrected chi connectivity index (χ1v) is 10.7. The molecule has 3 rings (SSSR count). The fourth-order valence-electron chi connectivity index (χ4n) is 3.10. The van der Waals surface area contributed by atoms with Crippen LogP contribution in [0.3, 0.4) is 0 Å². The van der Waals surface area contributed by atoms with Gasteiger partial charge in [0, 0.05) is 30.1 Å². The minimum Gasteiger partial charge on any atom is -0.369 e. The van der Waals surface area contributed by atoms with Gasteiger partial charge in [0.25, 0.3) is 0 Å². The maximum Gasteiger partial charge on any atom is 0.219 e. The smallest absolute Gasteiger partial charge is 0.219 e. The molecule has 0 unspecified atom stereocenters. The summed E-state index contributed by atoms with van der Waals surface area (Å²) in [7, 11) is 0. The van der Waals surface area contributed by atoms with Crippen molar-refractivity contribution in [2.75, 3.05) is 18.4 Å². The minimum atomic E-state index is -0.326. The van der Waals surface area contributed by atoms with Crippen molar-refractivity contribution in [3.8, 4) is 11.8 Å². The lowest BCUT2D eigenvalue weighted by Crippen LogP contribution is -2.25. The van der Waals surface area contributed by atoms with E-state index in [0.29, 0.717) is 48.0 Å². The second-order valence-electron chi connectivity index (χ2n) is 7.25.